The smallest absolute Gasteiger partial charge is 0.340 e. The van der Waals surface area contributed by atoms with Crippen LogP contribution in [0.15, 0.2) is 71.6 Å². The first-order valence-corrected chi connectivity index (χ1v) is 11.5. The van der Waals surface area contributed by atoms with Gasteiger partial charge in [-0.2, -0.15) is 0 Å². The average Bonchev–Trinajstić information content (AvgIpc) is 2.80. The summed E-state index contributed by atoms with van der Waals surface area (Å²) in [5.74, 6) is -0.271. The fourth-order valence-corrected chi connectivity index (χ4v) is 4.17. The summed E-state index contributed by atoms with van der Waals surface area (Å²) in [6.45, 7) is 3.57. The quantitative estimate of drug-likeness (QED) is 0.262. The van der Waals surface area contributed by atoms with Gasteiger partial charge in [0, 0.05) is 6.07 Å². The number of nitrogens with zero attached hydrogens (tertiary/aromatic N) is 1. The molecule has 3 rings (SSSR count). The number of carbonyl (C=O) groups is 1. The minimum absolute atomic E-state index is 0.0121. The molecule has 3 aromatic rings. The normalized spacial score (nSPS) is 11.3. The lowest BCUT2D eigenvalue weighted by Gasteiger charge is -2.14. The summed E-state index contributed by atoms with van der Waals surface area (Å²) < 4.78 is 38.5. The fraction of sp³-hybridized carbons (Fsp3) is 0.125. The van der Waals surface area contributed by atoms with Crippen molar-refractivity contribution in [1.29, 1.82) is 0 Å². The number of ether oxygens (including phenoxy) is 2. The van der Waals surface area contributed by atoms with Crippen LogP contribution in [0.2, 0.25) is 0 Å². The number of hydrogen-bond acceptors (Lipinski definition) is 7. The molecule has 1 N–H and O–H groups in total. The molecule has 0 spiro atoms. The van der Waals surface area contributed by atoms with Crippen molar-refractivity contribution in [3.05, 3.63) is 93.5 Å². The van der Waals surface area contributed by atoms with E-state index in [0.717, 1.165) is 5.56 Å². The minimum atomic E-state index is -3.96. The lowest BCUT2D eigenvalue weighted by Crippen LogP contribution is -2.16. The highest BCUT2D eigenvalue weighted by Crippen LogP contribution is 2.31. The van der Waals surface area contributed by atoms with Gasteiger partial charge in [-0.15, -0.1) is 0 Å². The molecule has 0 saturated carbocycles. The largest absolute Gasteiger partial charge is 0.465 e. The van der Waals surface area contributed by atoms with Crippen molar-refractivity contribution in [1.82, 2.24) is 0 Å². The molecule has 9 nitrogen and oxygen atoms in total. The highest BCUT2D eigenvalue weighted by Gasteiger charge is 2.21. The van der Waals surface area contributed by atoms with Crippen LogP contribution in [0, 0.1) is 17.0 Å². The van der Waals surface area contributed by atoms with Crippen molar-refractivity contribution < 1.29 is 27.6 Å². The Morgan fingerprint density at radius 3 is 2.29 bits per heavy atom. The van der Waals surface area contributed by atoms with E-state index in [9.17, 15) is 23.3 Å². The molecule has 0 aliphatic carbocycles. The van der Waals surface area contributed by atoms with Crippen LogP contribution >= 0.6 is 0 Å². The van der Waals surface area contributed by atoms with Gasteiger partial charge in [0.15, 0.2) is 0 Å². The number of nitro benzene ring substituents is 1. The predicted molar refractivity (Wildman–Crippen MR) is 128 cm³/mol. The van der Waals surface area contributed by atoms with Gasteiger partial charge in [0.25, 0.3) is 15.7 Å². The SMILES string of the molecule is CC=Cc1cc(Oc2ccc(NS(=O)(=O)c3ccc(C)cc3)c(C(=O)OC)c2)ccc1[N+](=O)[O-]. The molecule has 10 heteroatoms. The Bertz CT molecular complexity index is 1360. The molecule has 0 heterocycles. The topological polar surface area (TPSA) is 125 Å². The fourth-order valence-electron chi connectivity index (χ4n) is 3.09. The Balaban J connectivity index is 1.95. The van der Waals surface area contributed by atoms with Gasteiger partial charge in [-0.25, -0.2) is 13.2 Å². The third-order valence-corrected chi connectivity index (χ3v) is 6.13. The van der Waals surface area contributed by atoms with Crippen LogP contribution in [-0.2, 0) is 14.8 Å². The van der Waals surface area contributed by atoms with E-state index < -0.39 is 20.9 Å². The lowest BCUT2D eigenvalue weighted by molar-refractivity contribution is -0.385. The molecule has 0 aromatic heterocycles. The summed E-state index contributed by atoms with van der Waals surface area (Å²) in [6, 6.07) is 14.7. The number of sulfonamides is 1. The Hall–Kier alpha value is -4.18. The van der Waals surface area contributed by atoms with Crippen LogP contribution in [0.4, 0.5) is 11.4 Å². The Morgan fingerprint density at radius 1 is 1.03 bits per heavy atom. The number of rotatable bonds is 8. The molecular formula is C24H22N2O7S. The molecule has 34 heavy (non-hydrogen) atoms. The molecular weight excluding hydrogens is 460 g/mol. The molecule has 3 aromatic carbocycles. The van der Waals surface area contributed by atoms with Crippen LogP contribution < -0.4 is 9.46 Å². The van der Waals surface area contributed by atoms with Crippen LogP contribution in [0.3, 0.4) is 0 Å². The molecule has 0 atom stereocenters. The van der Waals surface area contributed by atoms with Crippen molar-refractivity contribution in [3.63, 3.8) is 0 Å². The van der Waals surface area contributed by atoms with Crippen LogP contribution in [0.5, 0.6) is 11.5 Å². The summed E-state index contributed by atoms with van der Waals surface area (Å²) in [5, 5.41) is 11.2. The van der Waals surface area contributed by atoms with Crippen LogP contribution in [-0.4, -0.2) is 26.4 Å². The van der Waals surface area contributed by atoms with Gasteiger partial charge in [0.1, 0.15) is 11.5 Å². The molecule has 0 radical (unpaired) electrons. The Morgan fingerprint density at radius 2 is 1.68 bits per heavy atom. The van der Waals surface area contributed by atoms with Gasteiger partial charge in [0.2, 0.25) is 0 Å². The second-order valence-corrected chi connectivity index (χ2v) is 8.88. The van der Waals surface area contributed by atoms with Crippen molar-refractivity contribution in [2.24, 2.45) is 0 Å². The van der Waals surface area contributed by atoms with Crippen LogP contribution in [0.1, 0.15) is 28.4 Å². The molecule has 0 aliphatic rings. The number of nitrogens with one attached hydrogen (secondary N) is 1. The standard InChI is InChI=1S/C24H22N2O7S/c1-4-5-17-14-18(9-13-23(17)26(28)29)33-19-8-12-22(21(15-19)24(27)32-3)25-34(30,31)20-10-6-16(2)7-11-20/h4-15,25H,1-3H3. The maximum absolute atomic E-state index is 12.8. The van der Waals surface area contributed by atoms with E-state index in [1.807, 2.05) is 6.92 Å². The molecule has 0 aliphatic heterocycles. The van der Waals surface area contributed by atoms with Crippen molar-refractivity contribution >= 4 is 33.4 Å². The van der Waals surface area contributed by atoms with E-state index in [0.29, 0.717) is 11.3 Å². The highest BCUT2D eigenvalue weighted by molar-refractivity contribution is 7.92. The zero-order valence-corrected chi connectivity index (χ0v) is 19.5. The zero-order chi connectivity index (χ0) is 24.9. The first-order chi connectivity index (χ1) is 16.1. The molecule has 176 valence electrons. The third-order valence-electron chi connectivity index (χ3n) is 4.75. The van der Waals surface area contributed by atoms with Crippen molar-refractivity contribution in [2.75, 3.05) is 11.8 Å². The van der Waals surface area contributed by atoms with Crippen molar-refractivity contribution in [3.8, 4) is 11.5 Å². The molecule has 0 bridgehead atoms. The maximum Gasteiger partial charge on any atom is 0.340 e. The van der Waals surface area contributed by atoms with E-state index in [4.69, 9.17) is 9.47 Å². The lowest BCUT2D eigenvalue weighted by atomic mass is 10.1. The summed E-state index contributed by atoms with van der Waals surface area (Å²) in [6.07, 6.45) is 3.24. The number of aryl methyl sites for hydroxylation is 1. The first kappa shape index (κ1) is 24.5. The van der Waals surface area contributed by atoms with Gasteiger partial charge < -0.3 is 9.47 Å². The Labute approximate surface area is 196 Å². The second kappa shape index (κ2) is 10.2. The molecule has 0 saturated heterocycles. The number of esters is 1. The number of carbonyl (C=O) groups excluding carboxylic acids is 1. The van der Waals surface area contributed by atoms with Gasteiger partial charge in [-0.1, -0.05) is 29.8 Å². The zero-order valence-electron chi connectivity index (χ0n) is 18.6. The summed E-state index contributed by atoms with van der Waals surface area (Å²) >= 11 is 0. The number of nitro groups is 1. The van der Waals surface area contributed by atoms with E-state index in [2.05, 4.69) is 4.72 Å². The third kappa shape index (κ3) is 5.59. The minimum Gasteiger partial charge on any atom is -0.465 e. The second-order valence-electron chi connectivity index (χ2n) is 7.20. The van der Waals surface area contributed by atoms with E-state index in [1.165, 1.54) is 55.6 Å². The summed E-state index contributed by atoms with van der Waals surface area (Å²) in [5.41, 5.74) is 1.12. The number of hydrogen-bond donors (Lipinski definition) is 1. The summed E-state index contributed by atoms with van der Waals surface area (Å²) in [7, 11) is -2.79. The van der Waals surface area contributed by atoms with Crippen molar-refractivity contribution in [2.45, 2.75) is 18.7 Å². The van der Waals surface area contributed by atoms with Gasteiger partial charge in [-0.3, -0.25) is 14.8 Å². The van der Waals surface area contributed by atoms with E-state index >= 15 is 0 Å². The first-order valence-electron chi connectivity index (χ1n) is 10.1. The number of allylic oxidation sites excluding steroid dienone is 1. The van der Waals surface area contributed by atoms with Gasteiger partial charge >= 0.3 is 5.97 Å². The number of anilines is 1. The Kier molecular flexibility index (Phi) is 7.32. The monoisotopic (exact) mass is 482 g/mol. The highest BCUT2D eigenvalue weighted by atomic mass is 32.2. The van der Waals surface area contributed by atoms with Gasteiger partial charge in [0.05, 0.1) is 33.7 Å². The molecule has 0 amide bonds. The summed E-state index contributed by atoms with van der Waals surface area (Å²) in [4.78, 5) is 23.1. The van der Waals surface area contributed by atoms with E-state index in [-0.39, 0.29) is 27.6 Å². The average molecular weight is 483 g/mol. The molecule has 0 fully saturated rings. The maximum atomic E-state index is 12.8. The van der Waals surface area contributed by atoms with Gasteiger partial charge in [-0.05, 0) is 56.3 Å². The molecule has 0 unspecified atom stereocenters. The predicted octanol–water partition coefficient (Wildman–Crippen LogP) is 5.32. The number of benzene rings is 3. The number of methoxy groups -OCH3 is 1. The van der Waals surface area contributed by atoms with E-state index in [1.54, 1.807) is 31.2 Å². The van der Waals surface area contributed by atoms with Crippen LogP contribution in [0.25, 0.3) is 6.08 Å².